The van der Waals surface area contributed by atoms with Crippen LogP contribution in [0.25, 0.3) is 0 Å². The molecule has 1 aromatic heterocycles. The molecule has 2 N–H and O–H groups in total. The molecule has 0 spiro atoms. The molecule has 0 aromatic carbocycles. The van der Waals surface area contributed by atoms with Crippen LogP contribution >= 0.6 is 0 Å². The normalized spacial score (nSPS) is 18.8. The van der Waals surface area contributed by atoms with E-state index in [1.54, 1.807) is 0 Å². The van der Waals surface area contributed by atoms with Gasteiger partial charge in [-0.05, 0) is 14.1 Å². The number of nitrogens with one attached hydrogen (secondary N) is 1. The molecule has 0 amide bonds. The number of furan rings is 1. The molecular formula is C10H14N2O4. The number of rotatable bonds is 3. The van der Waals surface area contributed by atoms with Crippen molar-refractivity contribution in [2.75, 3.05) is 32.5 Å². The first-order valence-corrected chi connectivity index (χ1v) is 4.98. The number of nitrogens with zero attached hydrogens (tertiary/aromatic N) is 1. The molecule has 1 aromatic rings. The van der Waals surface area contributed by atoms with Crippen molar-refractivity contribution in [2.24, 2.45) is 0 Å². The summed E-state index contributed by atoms with van der Waals surface area (Å²) in [6.07, 6.45) is 1.29. The Morgan fingerprint density at radius 3 is 3.06 bits per heavy atom. The van der Waals surface area contributed by atoms with E-state index in [9.17, 15) is 4.79 Å². The molecule has 0 fully saturated rings. The predicted octanol–water partition coefficient (Wildman–Crippen LogP) is 0.712. The lowest BCUT2D eigenvalue weighted by Crippen LogP contribution is -2.39. The van der Waals surface area contributed by atoms with Gasteiger partial charge in [0.1, 0.15) is 18.1 Å². The van der Waals surface area contributed by atoms with E-state index in [1.165, 1.54) is 6.26 Å². The fraction of sp³-hybridized carbons (Fsp3) is 0.500. The minimum absolute atomic E-state index is 0.0711. The van der Waals surface area contributed by atoms with Crippen molar-refractivity contribution in [3.8, 4) is 5.75 Å². The van der Waals surface area contributed by atoms with Crippen LogP contribution in [-0.4, -0.2) is 49.3 Å². The van der Waals surface area contributed by atoms with Crippen LogP contribution in [0.3, 0.4) is 0 Å². The molecule has 0 saturated carbocycles. The second-order valence-corrected chi connectivity index (χ2v) is 4.00. The fourth-order valence-corrected chi connectivity index (χ4v) is 1.67. The van der Waals surface area contributed by atoms with Crippen LogP contribution in [0.1, 0.15) is 10.6 Å². The molecule has 16 heavy (non-hydrogen) atoms. The van der Waals surface area contributed by atoms with Gasteiger partial charge in [0.2, 0.25) is 0 Å². The highest BCUT2D eigenvalue weighted by Gasteiger charge is 2.28. The smallest absolute Gasteiger partial charge is 0.375 e. The van der Waals surface area contributed by atoms with E-state index in [0.717, 1.165) is 6.54 Å². The summed E-state index contributed by atoms with van der Waals surface area (Å²) in [7, 11) is 3.87. The van der Waals surface area contributed by atoms with E-state index in [4.69, 9.17) is 14.3 Å². The lowest BCUT2D eigenvalue weighted by Gasteiger charge is -2.27. The largest absolute Gasteiger partial charge is 0.481 e. The molecule has 88 valence electrons. The summed E-state index contributed by atoms with van der Waals surface area (Å²) < 4.78 is 10.5. The zero-order valence-electron chi connectivity index (χ0n) is 9.19. The number of carboxylic acids is 1. The second kappa shape index (κ2) is 4.05. The zero-order chi connectivity index (χ0) is 11.7. The van der Waals surface area contributed by atoms with E-state index in [0.29, 0.717) is 18.0 Å². The Hall–Kier alpha value is -1.69. The summed E-state index contributed by atoms with van der Waals surface area (Å²) in [6.45, 7) is 1.36. The highest BCUT2D eigenvalue weighted by molar-refractivity contribution is 5.90. The van der Waals surface area contributed by atoms with Gasteiger partial charge in [0.05, 0.1) is 6.54 Å². The predicted molar refractivity (Wildman–Crippen MR) is 57.1 cm³/mol. The monoisotopic (exact) mass is 226 g/mol. The van der Waals surface area contributed by atoms with Gasteiger partial charge in [-0.2, -0.15) is 0 Å². The summed E-state index contributed by atoms with van der Waals surface area (Å²) in [4.78, 5) is 12.8. The minimum Gasteiger partial charge on any atom is -0.481 e. The number of carbonyl (C=O) groups is 1. The topological polar surface area (TPSA) is 74.9 Å². The zero-order valence-corrected chi connectivity index (χ0v) is 9.19. The number of likely N-dealkylation sites (N-methyl/N-ethyl adjacent to an activating group) is 1. The van der Waals surface area contributed by atoms with Crippen molar-refractivity contribution in [3.05, 3.63) is 12.0 Å². The third-order valence-electron chi connectivity index (χ3n) is 2.31. The van der Waals surface area contributed by atoms with Crippen molar-refractivity contribution < 1.29 is 19.1 Å². The van der Waals surface area contributed by atoms with E-state index >= 15 is 0 Å². The van der Waals surface area contributed by atoms with Gasteiger partial charge in [-0.3, -0.25) is 0 Å². The highest BCUT2D eigenvalue weighted by Crippen LogP contribution is 2.34. The van der Waals surface area contributed by atoms with E-state index in [-0.39, 0.29) is 11.9 Å². The number of hydrogen-bond donors (Lipinski definition) is 2. The van der Waals surface area contributed by atoms with Gasteiger partial charge in [0, 0.05) is 6.54 Å². The lowest BCUT2D eigenvalue weighted by molar-refractivity contribution is 0.0650. The van der Waals surface area contributed by atoms with Gasteiger partial charge in [0.15, 0.2) is 5.75 Å². The van der Waals surface area contributed by atoms with Crippen LogP contribution in [0, 0.1) is 0 Å². The van der Waals surface area contributed by atoms with Gasteiger partial charge >= 0.3 is 5.97 Å². The molecule has 1 unspecified atom stereocenters. The Balaban J connectivity index is 2.17. The number of hydrogen-bond acceptors (Lipinski definition) is 5. The first-order chi connectivity index (χ1) is 7.58. The fourth-order valence-electron chi connectivity index (χ4n) is 1.67. The van der Waals surface area contributed by atoms with Crippen LogP contribution in [0.4, 0.5) is 5.69 Å². The molecule has 1 aliphatic rings. The molecule has 0 radical (unpaired) electrons. The van der Waals surface area contributed by atoms with Crippen LogP contribution in [0.5, 0.6) is 5.75 Å². The summed E-state index contributed by atoms with van der Waals surface area (Å²) in [5.41, 5.74) is 0.604. The maximum atomic E-state index is 10.9. The van der Waals surface area contributed by atoms with Crippen molar-refractivity contribution in [1.29, 1.82) is 0 Å². The molecular weight excluding hydrogens is 212 g/mol. The molecule has 2 heterocycles. The van der Waals surface area contributed by atoms with E-state index < -0.39 is 5.97 Å². The van der Waals surface area contributed by atoms with Gasteiger partial charge in [-0.1, -0.05) is 0 Å². The van der Waals surface area contributed by atoms with E-state index in [2.05, 4.69) is 5.32 Å². The number of carboxylic acid groups (broad SMARTS) is 1. The van der Waals surface area contributed by atoms with Gasteiger partial charge in [0.25, 0.3) is 5.76 Å². The summed E-state index contributed by atoms with van der Waals surface area (Å²) in [5.74, 6) is -0.967. The quantitative estimate of drug-likeness (QED) is 0.790. The third-order valence-corrected chi connectivity index (χ3v) is 2.31. The van der Waals surface area contributed by atoms with Crippen molar-refractivity contribution in [1.82, 2.24) is 4.90 Å². The Kier molecular flexibility index (Phi) is 2.74. The maximum absolute atomic E-state index is 10.9. The average molecular weight is 226 g/mol. The first kappa shape index (κ1) is 10.8. The van der Waals surface area contributed by atoms with Crippen LogP contribution in [0.15, 0.2) is 10.7 Å². The standard InChI is InChI=1S/C10H14N2O4/c1-12(2)4-6-3-11-7-5-15-9(10(13)14)8(7)16-6/h5-6,11H,3-4H2,1-2H3,(H,13,14). The average Bonchev–Trinajstić information content (AvgIpc) is 2.59. The van der Waals surface area contributed by atoms with E-state index in [1.807, 2.05) is 19.0 Å². The third kappa shape index (κ3) is 1.96. The number of ether oxygens (including phenoxy) is 1. The second-order valence-electron chi connectivity index (χ2n) is 4.00. The molecule has 6 heteroatoms. The molecule has 0 aliphatic carbocycles. The molecule has 0 bridgehead atoms. The molecule has 0 saturated heterocycles. The SMILES string of the molecule is CN(C)CC1CNc2coc(C(=O)O)c2O1. The summed E-state index contributed by atoms with van der Waals surface area (Å²) in [5, 5.41) is 12.0. The van der Waals surface area contributed by atoms with Gasteiger partial charge < -0.3 is 24.5 Å². The van der Waals surface area contributed by atoms with Crippen LogP contribution in [-0.2, 0) is 0 Å². The molecule has 6 nitrogen and oxygen atoms in total. The molecule has 1 atom stereocenters. The minimum atomic E-state index is -1.12. The Morgan fingerprint density at radius 1 is 1.69 bits per heavy atom. The molecule has 2 rings (SSSR count). The highest BCUT2D eigenvalue weighted by atomic mass is 16.5. The summed E-state index contributed by atoms with van der Waals surface area (Å²) in [6, 6.07) is 0. The van der Waals surface area contributed by atoms with Crippen LogP contribution in [0.2, 0.25) is 0 Å². The number of aromatic carboxylic acids is 1. The van der Waals surface area contributed by atoms with Crippen LogP contribution < -0.4 is 10.1 Å². The van der Waals surface area contributed by atoms with Crippen molar-refractivity contribution >= 4 is 11.7 Å². The summed E-state index contributed by atoms with van der Waals surface area (Å²) >= 11 is 0. The van der Waals surface area contributed by atoms with Crippen molar-refractivity contribution in [3.63, 3.8) is 0 Å². The van der Waals surface area contributed by atoms with Crippen molar-refractivity contribution in [2.45, 2.75) is 6.10 Å². The maximum Gasteiger partial charge on any atom is 0.375 e. The van der Waals surface area contributed by atoms with Gasteiger partial charge in [-0.25, -0.2) is 4.79 Å². The first-order valence-electron chi connectivity index (χ1n) is 4.98. The lowest BCUT2D eigenvalue weighted by atomic mass is 10.2. The number of anilines is 1. The Morgan fingerprint density at radius 2 is 2.44 bits per heavy atom. The number of fused-ring (bicyclic) bond motifs is 1. The Labute approximate surface area is 92.8 Å². The Bertz CT molecular complexity index is 400. The van der Waals surface area contributed by atoms with Gasteiger partial charge in [-0.15, -0.1) is 0 Å². The molecule has 1 aliphatic heterocycles.